The lowest BCUT2D eigenvalue weighted by atomic mass is 10.1. The summed E-state index contributed by atoms with van der Waals surface area (Å²) in [5.41, 5.74) is 3.21. The predicted octanol–water partition coefficient (Wildman–Crippen LogP) is 3.90. The van der Waals surface area contributed by atoms with Crippen LogP contribution in [0.25, 0.3) is 22.1 Å². The Hall–Kier alpha value is -2.02. The zero-order valence-electron chi connectivity index (χ0n) is 8.10. The van der Waals surface area contributed by atoms with Crippen LogP contribution in [0, 0.1) is 6.07 Å². The Morgan fingerprint density at radius 1 is 0.933 bits per heavy atom. The summed E-state index contributed by atoms with van der Waals surface area (Å²) in [6, 6.07) is 19.4. The van der Waals surface area contributed by atoms with Crippen LogP contribution in [0.1, 0.15) is 0 Å². The van der Waals surface area contributed by atoms with E-state index in [9.17, 15) is 0 Å². The Balaban J connectivity index is 2.19. The van der Waals surface area contributed by atoms with Gasteiger partial charge >= 0.3 is 0 Å². The van der Waals surface area contributed by atoms with E-state index in [2.05, 4.69) is 18.2 Å². The van der Waals surface area contributed by atoms with Gasteiger partial charge in [0.2, 0.25) is 0 Å². The molecule has 3 aromatic rings. The van der Waals surface area contributed by atoms with E-state index in [1.165, 1.54) is 5.56 Å². The summed E-state index contributed by atoms with van der Waals surface area (Å²) in [4.78, 5) is 0. The van der Waals surface area contributed by atoms with Crippen LogP contribution in [0.5, 0.6) is 0 Å². The van der Waals surface area contributed by atoms with Crippen LogP contribution in [-0.2, 0) is 0 Å². The molecule has 1 radical (unpaired) electrons. The molecule has 0 amide bonds. The van der Waals surface area contributed by atoms with E-state index in [-0.39, 0.29) is 0 Å². The van der Waals surface area contributed by atoms with Crippen molar-refractivity contribution in [3.63, 3.8) is 0 Å². The average molecular weight is 193 g/mol. The maximum absolute atomic E-state index is 5.35. The molecule has 0 bridgehead atoms. The van der Waals surface area contributed by atoms with E-state index in [1.54, 1.807) is 6.26 Å². The number of fused-ring (bicyclic) bond motifs is 1. The molecular formula is C14H9O. The van der Waals surface area contributed by atoms with Gasteiger partial charge in [0.1, 0.15) is 5.58 Å². The highest BCUT2D eigenvalue weighted by Gasteiger charge is 2.00. The minimum Gasteiger partial charge on any atom is -0.464 e. The number of rotatable bonds is 1. The van der Waals surface area contributed by atoms with E-state index >= 15 is 0 Å². The number of hydrogen-bond donors (Lipinski definition) is 0. The summed E-state index contributed by atoms with van der Waals surface area (Å²) >= 11 is 0. The fourth-order valence-electron chi connectivity index (χ4n) is 1.69. The van der Waals surface area contributed by atoms with Gasteiger partial charge in [-0.15, -0.1) is 0 Å². The number of furan rings is 1. The van der Waals surface area contributed by atoms with Gasteiger partial charge in [0.05, 0.1) is 6.26 Å². The second kappa shape index (κ2) is 3.28. The van der Waals surface area contributed by atoms with Crippen molar-refractivity contribution in [2.24, 2.45) is 0 Å². The van der Waals surface area contributed by atoms with E-state index in [0.717, 1.165) is 16.5 Å². The molecule has 1 nitrogen and oxygen atoms in total. The van der Waals surface area contributed by atoms with Crippen LogP contribution >= 0.6 is 0 Å². The fourth-order valence-corrected chi connectivity index (χ4v) is 1.69. The molecule has 0 spiro atoms. The molecule has 1 heterocycles. The summed E-state index contributed by atoms with van der Waals surface area (Å²) in [5.74, 6) is 0. The molecule has 0 aliphatic heterocycles. The molecule has 15 heavy (non-hydrogen) atoms. The summed E-state index contributed by atoms with van der Waals surface area (Å²) in [7, 11) is 0. The molecule has 0 fully saturated rings. The van der Waals surface area contributed by atoms with Crippen LogP contribution in [0.3, 0.4) is 0 Å². The third-order valence-electron chi connectivity index (χ3n) is 2.47. The first-order valence-electron chi connectivity index (χ1n) is 4.88. The van der Waals surface area contributed by atoms with E-state index in [0.29, 0.717) is 0 Å². The zero-order chi connectivity index (χ0) is 10.1. The lowest BCUT2D eigenvalue weighted by Crippen LogP contribution is -1.76. The van der Waals surface area contributed by atoms with Gasteiger partial charge in [-0.2, -0.15) is 0 Å². The van der Waals surface area contributed by atoms with Gasteiger partial charge in [-0.05, 0) is 35.4 Å². The van der Waals surface area contributed by atoms with Gasteiger partial charge in [0.15, 0.2) is 0 Å². The van der Waals surface area contributed by atoms with Gasteiger partial charge in [0, 0.05) is 5.39 Å². The summed E-state index contributed by atoms with van der Waals surface area (Å²) in [6.07, 6.45) is 1.69. The monoisotopic (exact) mass is 193 g/mol. The third-order valence-corrected chi connectivity index (χ3v) is 2.47. The molecule has 2 aromatic carbocycles. The predicted molar refractivity (Wildman–Crippen MR) is 60.5 cm³/mol. The number of benzene rings is 2. The smallest absolute Gasteiger partial charge is 0.135 e. The second-order valence-corrected chi connectivity index (χ2v) is 3.45. The SMILES string of the molecule is [c]1cc(-c2ccccc2)cc2occc12. The van der Waals surface area contributed by atoms with Gasteiger partial charge in [0.25, 0.3) is 0 Å². The highest BCUT2D eigenvalue weighted by atomic mass is 16.3. The van der Waals surface area contributed by atoms with Crippen molar-refractivity contribution in [1.29, 1.82) is 0 Å². The van der Waals surface area contributed by atoms with E-state index in [4.69, 9.17) is 4.42 Å². The average Bonchev–Trinajstić information content (AvgIpc) is 2.77. The van der Waals surface area contributed by atoms with Gasteiger partial charge in [-0.1, -0.05) is 30.3 Å². The van der Waals surface area contributed by atoms with Gasteiger partial charge < -0.3 is 4.42 Å². The molecule has 71 valence electrons. The Morgan fingerprint density at radius 3 is 2.67 bits per heavy atom. The standard InChI is InChI=1S/C14H9O/c1-2-4-11(5-3-1)13-7-6-12-8-9-15-14(12)10-13/h1-5,7-10H. The molecule has 0 unspecified atom stereocenters. The fraction of sp³-hybridized carbons (Fsp3) is 0. The van der Waals surface area contributed by atoms with Crippen molar-refractivity contribution in [3.8, 4) is 11.1 Å². The van der Waals surface area contributed by atoms with Crippen molar-refractivity contribution in [2.45, 2.75) is 0 Å². The minimum absolute atomic E-state index is 0.886. The second-order valence-electron chi connectivity index (χ2n) is 3.45. The van der Waals surface area contributed by atoms with E-state index in [1.807, 2.05) is 36.4 Å². The minimum atomic E-state index is 0.886. The third kappa shape index (κ3) is 1.42. The normalized spacial score (nSPS) is 10.7. The molecule has 0 aliphatic carbocycles. The van der Waals surface area contributed by atoms with Crippen LogP contribution in [0.2, 0.25) is 0 Å². The lowest BCUT2D eigenvalue weighted by molar-refractivity contribution is 0.616. The maximum atomic E-state index is 5.35. The summed E-state index contributed by atoms with van der Waals surface area (Å²) < 4.78 is 5.35. The highest BCUT2D eigenvalue weighted by molar-refractivity contribution is 5.82. The molecule has 0 aliphatic rings. The first kappa shape index (κ1) is 8.30. The maximum Gasteiger partial charge on any atom is 0.135 e. The Labute approximate surface area is 88.0 Å². The molecule has 0 atom stereocenters. The quantitative estimate of drug-likeness (QED) is 0.571. The number of hydrogen-bond acceptors (Lipinski definition) is 1. The Kier molecular flexibility index (Phi) is 1.82. The topological polar surface area (TPSA) is 13.1 Å². The molecule has 0 saturated carbocycles. The largest absolute Gasteiger partial charge is 0.464 e. The van der Waals surface area contributed by atoms with Crippen molar-refractivity contribution >= 4 is 11.0 Å². The Morgan fingerprint density at radius 2 is 1.80 bits per heavy atom. The van der Waals surface area contributed by atoms with Gasteiger partial charge in [-0.3, -0.25) is 0 Å². The molecule has 0 N–H and O–H groups in total. The first-order chi connectivity index (χ1) is 7.43. The summed E-state index contributed by atoms with van der Waals surface area (Å²) in [5, 5.41) is 1.02. The molecule has 1 heteroatoms. The van der Waals surface area contributed by atoms with Crippen LogP contribution in [0.15, 0.2) is 59.2 Å². The highest BCUT2D eigenvalue weighted by Crippen LogP contribution is 2.24. The summed E-state index contributed by atoms with van der Waals surface area (Å²) in [6.45, 7) is 0. The molecule has 0 saturated heterocycles. The molecule has 1 aromatic heterocycles. The van der Waals surface area contributed by atoms with Crippen molar-refractivity contribution in [2.75, 3.05) is 0 Å². The van der Waals surface area contributed by atoms with Crippen LogP contribution in [0.4, 0.5) is 0 Å². The zero-order valence-corrected chi connectivity index (χ0v) is 8.10. The van der Waals surface area contributed by atoms with Crippen molar-refractivity contribution < 1.29 is 4.42 Å². The lowest BCUT2D eigenvalue weighted by Gasteiger charge is -1.99. The first-order valence-corrected chi connectivity index (χ1v) is 4.88. The molecule has 3 rings (SSSR count). The van der Waals surface area contributed by atoms with Crippen molar-refractivity contribution in [3.05, 3.63) is 60.9 Å². The van der Waals surface area contributed by atoms with Crippen LogP contribution < -0.4 is 0 Å². The Bertz CT molecular complexity index is 578. The van der Waals surface area contributed by atoms with E-state index < -0.39 is 0 Å². The molecular weight excluding hydrogens is 184 g/mol. The van der Waals surface area contributed by atoms with Crippen LogP contribution in [-0.4, -0.2) is 0 Å². The van der Waals surface area contributed by atoms with Gasteiger partial charge in [-0.25, -0.2) is 0 Å². The van der Waals surface area contributed by atoms with Crippen molar-refractivity contribution in [1.82, 2.24) is 0 Å².